The standard InChI is InChI=1S/C24H25NO/c1-24(20-13-7-3-8-14-20,21-15-9-4-10-16-21)25-18-17-22(25)23(26)19-11-5-2-6-12-19/h2-16,22-23,26H,17-18H2,1H3. The number of aliphatic hydroxyl groups excluding tert-OH is 1. The number of benzene rings is 3. The second-order valence-electron chi connectivity index (χ2n) is 7.21. The van der Waals surface area contributed by atoms with Crippen LogP contribution in [0, 0.1) is 0 Å². The van der Waals surface area contributed by atoms with Crippen LogP contribution in [-0.4, -0.2) is 22.6 Å². The van der Waals surface area contributed by atoms with Gasteiger partial charge in [-0.3, -0.25) is 4.90 Å². The molecule has 1 fully saturated rings. The predicted molar refractivity (Wildman–Crippen MR) is 106 cm³/mol. The van der Waals surface area contributed by atoms with Crippen LogP contribution >= 0.6 is 0 Å². The lowest BCUT2D eigenvalue weighted by molar-refractivity contribution is -0.0679. The molecule has 3 aromatic carbocycles. The summed E-state index contributed by atoms with van der Waals surface area (Å²) >= 11 is 0. The molecule has 0 spiro atoms. The van der Waals surface area contributed by atoms with Crippen molar-refractivity contribution in [2.45, 2.75) is 31.0 Å². The van der Waals surface area contributed by atoms with Crippen molar-refractivity contribution in [2.75, 3.05) is 6.54 Å². The minimum atomic E-state index is -0.475. The van der Waals surface area contributed by atoms with E-state index in [1.165, 1.54) is 11.1 Å². The van der Waals surface area contributed by atoms with Gasteiger partial charge < -0.3 is 5.11 Å². The molecule has 26 heavy (non-hydrogen) atoms. The highest BCUT2D eigenvalue weighted by Gasteiger charge is 2.46. The van der Waals surface area contributed by atoms with Gasteiger partial charge >= 0.3 is 0 Å². The largest absolute Gasteiger partial charge is 0.387 e. The molecule has 1 heterocycles. The minimum Gasteiger partial charge on any atom is -0.387 e. The van der Waals surface area contributed by atoms with Crippen LogP contribution in [0.25, 0.3) is 0 Å². The van der Waals surface area contributed by atoms with Gasteiger partial charge in [-0.05, 0) is 30.0 Å². The highest BCUT2D eigenvalue weighted by Crippen LogP contribution is 2.44. The van der Waals surface area contributed by atoms with E-state index in [-0.39, 0.29) is 11.6 Å². The highest BCUT2D eigenvalue weighted by molar-refractivity contribution is 5.39. The van der Waals surface area contributed by atoms with E-state index in [0.717, 1.165) is 18.5 Å². The second-order valence-corrected chi connectivity index (χ2v) is 7.21. The number of likely N-dealkylation sites (tertiary alicyclic amines) is 1. The Balaban J connectivity index is 1.73. The van der Waals surface area contributed by atoms with Crippen LogP contribution in [0.15, 0.2) is 91.0 Å². The van der Waals surface area contributed by atoms with Gasteiger partial charge in [-0.1, -0.05) is 91.0 Å². The lowest BCUT2D eigenvalue weighted by atomic mass is 9.77. The summed E-state index contributed by atoms with van der Waals surface area (Å²) in [5, 5.41) is 11.0. The molecule has 0 radical (unpaired) electrons. The number of hydrogen-bond donors (Lipinski definition) is 1. The predicted octanol–water partition coefficient (Wildman–Crippen LogP) is 4.76. The number of aliphatic hydroxyl groups is 1. The third kappa shape index (κ3) is 2.86. The van der Waals surface area contributed by atoms with E-state index in [1.807, 2.05) is 30.3 Å². The molecule has 1 saturated heterocycles. The molecule has 1 aliphatic heterocycles. The maximum Gasteiger partial charge on any atom is 0.0946 e. The third-order valence-electron chi connectivity index (χ3n) is 5.82. The van der Waals surface area contributed by atoms with Crippen molar-refractivity contribution in [3.05, 3.63) is 108 Å². The zero-order valence-electron chi connectivity index (χ0n) is 15.1. The van der Waals surface area contributed by atoms with Crippen LogP contribution in [0.1, 0.15) is 36.1 Å². The van der Waals surface area contributed by atoms with Crippen molar-refractivity contribution in [1.29, 1.82) is 0 Å². The smallest absolute Gasteiger partial charge is 0.0946 e. The van der Waals surface area contributed by atoms with E-state index < -0.39 is 6.10 Å². The van der Waals surface area contributed by atoms with Crippen molar-refractivity contribution in [3.8, 4) is 0 Å². The van der Waals surface area contributed by atoms with E-state index in [0.29, 0.717) is 0 Å². The molecule has 1 aliphatic rings. The second kappa shape index (κ2) is 7.06. The SMILES string of the molecule is CC(c1ccccc1)(c1ccccc1)N1CCC1C(O)c1ccccc1. The Bertz CT molecular complexity index is 792. The maximum atomic E-state index is 11.0. The summed E-state index contributed by atoms with van der Waals surface area (Å²) in [5.41, 5.74) is 3.25. The summed E-state index contributed by atoms with van der Waals surface area (Å²) in [6, 6.07) is 31.4. The molecule has 2 heteroatoms. The van der Waals surface area contributed by atoms with E-state index in [1.54, 1.807) is 0 Å². The summed E-state index contributed by atoms with van der Waals surface area (Å²) in [6.45, 7) is 3.26. The van der Waals surface area contributed by atoms with Gasteiger partial charge in [-0.2, -0.15) is 0 Å². The normalized spacial score (nSPS) is 18.9. The van der Waals surface area contributed by atoms with Crippen molar-refractivity contribution in [1.82, 2.24) is 4.90 Å². The number of nitrogens with zero attached hydrogens (tertiary/aromatic N) is 1. The van der Waals surface area contributed by atoms with Gasteiger partial charge in [0.05, 0.1) is 11.6 Å². The lowest BCUT2D eigenvalue weighted by Crippen LogP contribution is -2.60. The number of hydrogen-bond acceptors (Lipinski definition) is 2. The fourth-order valence-corrected chi connectivity index (χ4v) is 4.19. The van der Waals surface area contributed by atoms with E-state index in [9.17, 15) is 5.11 Å². The van der Waals surface area contributed by atoms with Gasteiger partial charge in [0.1, 0.15) is 0 Å². The molecule has 2 unspecified atom stereocenters. The Labute approximate surface area is 155 Å². The van der Waals surface area contributed by atoms with Gasteiger partial charge in [-0.25, -0.2) is 0 Å². The molecule has 132 valence electrons. The minimum absolute atomic E-state index is 0.114. The summed E-state index contributed by atoms with van der Waals surface area (Å²) < 4.78 is 0. The van der Waals surface area contributed by atoms with E-state index in [4.69, 9.17) is 0 Å². The average molecular weight is 343 g/mol. The fourth-order valence-electron chi connectivity index (χ4n) is 4.19. The first-order valence-corrected chi connectivity index (χ1v) is 9.32. The van der Waals surface area contributed by atoms with Gasteiger partial charge in [0.15, 0.2) is 0 Å². The molecule has 0 amide bonds. The summed E-state index contributed by atoms with van der Waals surface area (Å²) in [4.78, 5) is 2.45. The molecule has 0 bridgehead atoms. The topological polar surface area (TPSA) is 23.5 Å². The van der Waals surface area contributed by atoms with E-state index >= 15 is 0 Å². The molecule has 0 aliphatic carbocycles. The van der Waals surface area contributed by atoms with Crippen molar-refractivity contribution in [3.63, 3.8) is 0 Å². The lowest BCUT2D eigenvalue weighted by Gasteiger charge is -2.54. The first-order valence-electron chi connectivity index (χ1n) is 9.32. The first kappa shape index (κ1) is 17.0. The fraction of sp³-hybridized carbons (Fsp3) is 0.250. The molecule has 4 rings (SSSR count). The van der Waals surface area contributed by atoms with Crippen molar-refractivity contribution >= 4 is 0 Å². The molecule has 0 saturated carbocycles. The molecule has 1 N–H and O–H groups in total. The summed E-state index contributed by atoms with van der Waals surface area (Å²) in [6.07, 6.45) is 0.530. The monoisotopic (exact) mass is 343 g/mol. The molecule has 3 aromatic rings. The molecule has 0 aromatic heterocycles. The van der Waals surface area contributed by atoms with Crippen LogP contribution in [-0.2, 0) is 5.54 Å². The van der Waals surface area contributed by atoms with Crippen LogP contribution in [0.3, 0.4) is 0 Å². The molecule has 2 nitrogen and oxygen atoms in total. The van der Waals surface area contributed by atoms with Crippen LogP contribution < -0.4 is 0 Å². The Morgan fingerprint density at radius 2 is 1.27 bits per heavy atom. The van der Waals surface area contributed by atoms with Crippen LogP contribution in [0.5, 0.6) is 0 Å². The quantitative estimate of drug-likeness (QED) is 0.722. The Morgan fingerprint density at radius 3 is 1.69 bits per heavy atom. The molecular formula is C24H25NO. The van der Waals surface area contributed by atoms with Gasteiger partial charge in [0, 0.05) is 12.6 Å². The molecule has 2 atom stereocenters. The third-order valence-corrected chi connectivity index (χ3v) is 5.82. The van der Waals surface area contributed by atoms with Crippen LogP contribution in [0.4, 0.5) is 0 Å². The van der Waals surface area contributed by atoms with Gasteiger partial charge in [0.25, 0.3) is 0 Å². The Morgan fingerprint density at radius 1 is 0.808 bits per heavy atom. The van der Waals surface area contributed by atoms with Gasteiger partial charge in [-0.15, -0.1) is 0 Å². The molecular weight excluding hydrogens is 318 g/mol. The zero-order valence-corrected chi connectivity index (χ0v) is 15.1. The van der Waals surface area contributed by atoms with E-state index in [2.05, 4.69) is 72.5 Å². The van der Waals surface area contributed by atoms with Gasteiger partial charge in [0.2, 0.25) is 0 Å². The zero-order chi connectivity index (χ0) is 18.0. The Hall–Kier alpha value is -2.42. The van der Waals surface area contributed by atoms with Crippen molar-refractivity contribution < 1.29 is 5.11 Å². The highest BCUT2D eigenvalue weighted by atomic mass is 16.3. The van der Waals surface area contributed by atoms with Crippen LogP contribution in [0.2, 0.25) is 0 Å². The average Bonchev–Trinajstić information content (AvgIpc) is 2.69. The summed E-state index contributed by atoms with van der Waals surface area (Å²) in [7, 11) is 0. The first-order chi connectivity index (χ1) is 12.7. The summed E-state index contributed by atoms with van der Waals surface area (Å²) in [5.74, 6) is 0. The maximum absolute atomic E-state index is 11.0. The number of rotatable bonds is 5. The Kier molecular flexibility index (Phi) is 4.62. The van der Waals surface area contributed by atoms with Crippen molar-refractivity contribution in [2.24, 2.45) is 0 Å².